The Kier molecular flexibility index (Phi) is 4.13. The molecular formula is C11H17N3O. The first-order valence-electron chi connectivity index (χ1n) is 5.18. The van der Waals surface area contributed by atoms with Crippen molar-refractivity contribution in [1.82, 2.24) is 4.90 Å². The van der Waals surface area contributed by atoms with Gasteiger partial charge in [0.25, 0.3) is 0 Å². The molecule has 0 saturated carbocycles. The molecular weight excluding hydrogens is 190 g/mol. The largest absolute Gasteiger partial charge is 0.490 e. The second-order valence-electron chi connectivity index (χ2n) is 3.26. The van der Waals surface area contributed by atoms with E-state index in [-0.39, 0.29) is 0 Å². The summed E-state index contributed by atoms with van der Waals surface area (Å²) in [5.41, 5.74) is 10.5. The molecule has 1 aliphatic carbocycles. The van der Waals surface area contributed by atoms with Gasteiger partial charge >= 0.3 is 5.71 Å². The van der Waals surface area contributed by atoms with E-state index in [1.807, 2.05) is 12.2 Å². The minimum atomic E-state index is 0.577. The molecule has 1 rings (SSSR count). The molecule has 15 heavy (non-hydrogen) atoms. The van der Waals surface area contributed by atoms with E-state index < -0.39 is 0 Å². The molecule has 0 fully saturated rings. The lowest BCUT2D eigenvalue weighted by atomic mass is 10.1. The van der Waals surface area contributed by atoms with Crippen LogP contribution >= 0.6 is 0 Å². The lowest BCUT2D eigenvalue weighted by molar-refractivity contribution is -0.0110. The quantitative estimate of drug-likeness (QED) is 0.521. The van der Waals surface area contributed by atoms with E-state index in [1.165, 1.54) is 0 Å². The van der Waals surface area contributed by atoms with Gasteiger partial charge in [0.2, 0.25) is 5.76 Å². The van der Waals surface area contributed by atoms with Crippen molar-refractivity contribution in [3.63, 3.8) is 0 Å². The number of ether oxygens (including phenoxy) is 1. The SMILES string of the molecule is CCN(CC)C1=CCC(=[N+]=[N-])C(OC)=C1. The first-order chi connectivity index (χ1) is 7.26. The Morgan fingerprint density at radius 3 is 2.60 bits per heavy atom. The summed E-state index contributed by atoms with van der Waals surface area (Å²) in [6.07, 6.45) is 4.57. The van der Waals surface area contributed by atoms with Gasteiger partial charge in [-0.3, -0.25) is 0 Å². The second-order valence-corrected chi connectivity index (χ2v) is 3.26. The van der Waals surface area contributed by atoms with Crippen LogP contribution in [0, 0.1) is 0 Å². The van der Waals surface area contributed by atoms with Crippen LogP contribution in [0.3, 0.4) is 0 Å². The van der Waals surface area contributed by atoms with E-state index in [2.05, 4.69) is 23.5 Å². The molecule has 0 heterocycles. The van der Waals surface area contributed by atoms with Crippen LogP contribution in [0.15, 0.2) is 23.6 Å². The number of hydrogen-bond acceptors (Lipinski definition) is 2. The van der Waals surface area contributed by atoms with Gasteiger partial charge < -0.3 is 15.2 Å². The van der Waals surface area contributed by atoms with Gasteiger partial charge in [-0.1, -0.05) is 0 Å². The maximum Gasteiger partial charge on any atom is 0.337 e. The zero-order valence-electron chi connectivity index (χ0n) is 9.53. The van der Waals surface area contributed by atoms with Crippen LogP contribution in [0.25, 0.3) is 5.53 Å². The van der Waals surface area contributed by atoms with Crippen LogP contribution in [-0.4, -0.2) is 35.6 Å². The molecule has 0 spiro atoms. The molecule has 1 aliphatic rings. The first-order valence-corrected chi connectivity index (χ1v) is 5.18. The predicted octanol–water partition coefficient (Wildman–Crippen LogP) is 1.82. The van der Waals surface area contributed by atoms with Crippen molar-refractivity contribution in [1.29, 1.82) is 0 Å². The Bertz CT molecular complexity index is 334. The van der Waals surface area contributed by atoms with Gasteiger partial charge in [-0.05, 0) is 19.9 Å². The van der Waals surface area contributed by atoms with Gasteiger partial charge in [-0.25, -0.2) is 0 Å². The van der Waals surface area contributed by atoms with E-state index >= 15 is 0 Å². The van der Waals surface area contributed by atoms with Crippen molar-refractivity contribution < 1.29 is 9.53 Å². The summed E-state index contributed by atoms with van der Waals surface area (Å²) < 4.78 is 5.17. The number of allylic oxidation sites excluding steroid dienone is 3. The number of methoxy groups -OCH3 is 1. The van der Waals surface area contributed by atoms with Gasteiger partial charge in [0.1, 0.15) is 0 Å². The van der Waals surface area contributed by atoms with Crippen molar-refractivity contribution in [3.8, 4) is 0 Å². The van der Waals surface area contributed by atoms with Gasteiger partial charge in [0, 0.05) is 24.9 Å². The summed E-state index contributed by atoms with van der Waals surface area (Å²) in [6.45, 7) is 6.14. The summed E-state index contributed by atoms with van der Waals surface area (Å²) >= 11 is 0. The van der Waals surface area contributed by atoms with E-state index in [0.717, 1.165) is 18.8 Å². The van der Waals surface area contributed by atoms with E-state index in [9.17, 15) is 0 Å². The van der Waals surface area contributed by atoms with Gasteiger partial charge in [0.15, 0.2) is 0 Å². The lowest BCUT2D eigenvalue weighted by Gasteiger charge is -2.24. The number of likely N-dealkylation sites (N-methyl/N-ethyl adjacent to an activating group) is 1. The second kappa shape index (κ2) is 5.37. The number of hydrogen-bond donors (Lipinski definition) is 0. The van der Waals surface area contributed by atoms with Gasteiger partial charge in [-0.2, -0.15) is 4.79 Å². The summed E-state index contributed by atoms with van der Waals surface area (Å²) in [5.74, 6) is 0.641. The van der Waals surface area contributed by atoms with Crippen LogP contribution in [0.1, 0.15) is 20.3 Å². The molecule has 4 nitrogen and oxygen atoms in total. The topological polar surface area (TPSA) is 48.9 Å². The first kappa shape index (κ1) is 11.5. The fourth-order valence-corrected chi connectivity index (χ4v) is 1.65. The normalized spacial score (nSPS) is 15.3. The molecule has 0 aromatic carbocycles. The van der Waals surface area contributed by atoms with E-state index in [1.54, 1.807) is 7.11 Å². The van der Waals surface area contributed by atoms with Gasteiger partial charge in [-0.15, -0.1) is 0 Å². The maximum absolute atomic E-state index is 8.76. The Hall–Kier alpha value is -1.54. The highest BCUT2D eigenvalue weighted by atomic mass is 16.5. The zero-order chi connectivity index (χ0) is 11.3. The Balaban J connectivity index is 2.93. The fourth-order valence-electron chi connectivity index (χ4n) is 1.65. The van der Waals surface area contributed by atoms with E-state index in [0.29, 0.717) is 17.9 Å². The summed E-state index contributed by atoms with van der Waals surface area (Å²) in [5, 5.41) is 0. The zero-order valence-corrected chi connectivity index (χ0v) is 9.53. The Labute approximate surface area is 90.5 Å². The highest BCUT2D eigenvalue weighted by molar-refractivity contribution is 5.96. The molecule has 0 aromatic heterocycles. The summed E-state index contributed by atoms with van der Waals surface area (Å²) in [6, 6.07) is 0. The molecule has 0 bridgehead atoms. The smallest absolute Gasteiger partial charge is 0.337 e. The number of rotatable bonds is 4. The standard InChI is InChI=1S/C11H17N3O/c1-4-14(5-2)9-6-7-10(13-12)11(8-9)15-3/h6,8H,4-5,7H2,1-3H3. The third-order valence-corrected chi connectivity index (χ3v) is 2.54. The van der Waals surface area contributed by atoms with Crippen molar-refractivity contribution >= 4 is 5.71 Å². The third-order valence-electron chi connectivity index (χ3n) is 2.54. The van der Waals surface area contributed by atoms with E-state index in [4.69, 9.17) is 10.3 Å². The number of nitrogens with zero attached hydrogens (tertiary/aromatic N) is 3. The molecule has 0 radical (unpaired) electrons. The van der Waals surface area contributed by atoms with Gasteiger partial charge in [0.05, 0.1) is 13.5 Å². The third kappa shape index (κ3) is 2.48. The lowest BCUT2D eigenvalue weighted by Crippen LogP contribution is -2.24. The highest BCUT2D eigenvalue weighted by Crippen LogP contribution is 2.17. The fraction of sp³-hybridized carbons (Fsp3) is 0.545. The Morgan fingerprint density at radius 1 is 1.47 bits per heavy atom. The molecule has 4 heteroatoms. The minimum absolute atomic E-state index is 0.577. The molecule has 0 aromatic rings. The minimum Gasteiger partial charge on any atom is -0.490 e. The van der Waals surface area contributed by atoms with Crippen LogP contribution in [0.2, 0.25) is 0 Å². The summed E-state index contributed by atoms with van der Waals surface area (Å²) in [4.78, 5) is 5.43. The highest BCUT2D eigenvalue weighted by Gasteiger charge is 2.21. The van der Waals surface area contributed by atoms with Crippen molar-refractivity contribution in [2.75, 3.05) is 20.2 Å². The average molecular weight is 207 g/mol. The summed E-state index contributed by atoms with van der Waals surface area (Å²) in [7, 11) is 1.59. The maximum atomic E-state index is 8.76. The molecule has 0 atom stereocenters. The van der Waals surface area contributed by atoms with Crippen molar-refractivity contribution in [2.45, 2.75) is 20.3 Å². The molecule has 0 aliphatic heterocycles. The molecule has 0 saturated heterocycles. The Morgan fingerprint density at radius 2 is 2.13 bits per heavy atom. The monoisotopic (exact) mass is 207 g/mol. The van der Waals surface area contributed by atoms with Crippen molar-refractivity contribution in [3.05, 3.63) is 29.1 Å². The molecule has 82 valence electrons. The van der Waals surface area contributed by atoms with Crippen LogP contribution in [0.4, 0.5) is 0 Å². The van der Waals surface area contributed by atoms with Crippen molar-refractivity contribution in [2.24, 2.45) is 0 Å². The molecule has 0 amide bonds. The average Bonchev–Trinajstić information content (AvgIpc) is 2.30. The van der Waals surface area contributed by atoms with Crippen LogP contribution in [0.5, 0.6) is 0 Å². The van der Waals surface area contributed by atoms with Crippen LogP contribution in [-0.2, 0) is 4.74 Å². The van der Waals surface area contributed by atoms with Crippen LogP contribution < -0.4 is 0 Å². The molecule has 0 unspecified atom stereocenters. The molecule has 0 N–H and O–H groups in total. The predicted molar refractivity (Wildman–Crippen MR) is 59.3 cm³/mol.